The van der Waals surface area contributed by atoms with Crippen molar-refractivity contribution in [3.8, 4) is 0 Å². The molecule has 1 fully saturated rings. The fourth-order valence-electron chi connectivity index (χ4n) is 3.51. The van der Waals surface area contributed by atoms with E-state index >= 15 is 0 Å². The van der Waals surface area contributed by atoms with Crippen molar-refractivity contribution in [2.75, 3.05) is 0 Å². The zero-order chi connectivity index (χ0) is 16.8. The Labute approximate surface area is 156 Å². The summed E-state index contributed by atoms with van der Waals surface area (Å²) in [6.07, 6.45) is 3.85. The molecular formula is C21H27ClN2O. The second kappa shape index (κ2) is 9.59. The summed E-state index contributed by atoms with van der Waals surface area (Å²) < 4.78 is 0. The van der Waals surface area contributed by atoms with Crippen molar-refractivity contribution in [1.82, 2.24) is 4.90 Å². The molecule has 0 heterocycles. The molecule has 0 aromatic heterocycles. The molecule has 0 unspecified atom stereocenters. The molecule has 25 heavy (non-hydrogen) atoms. The first-order valence-electron chi connectivity index (χ1n) is 8.83. The Hall–Kier alpha value is -1.84. The van der Waals surface area contributed by atoms with E-state index in [0.717, 1.165) is 30.4 Å². The van der Waals surface area contributed by atoms with Crippen LogP contribution < -0.4 is 5.73 Å². The third-order valence-electron chi connectivity index (χ3n) is 4.94. The Morgan fingerprint density at radius 3 is 1.88 bits per heavy atom. The van der Waals surface area contributed by atoms with Gasteiger partial charge in [-0.3, -0.25) is 4.79 Å². The van der Waals surface area contributed by atoms with Gasteiger partial charge in [-0.15, -0.1) is 12.4 Å². The maximum Gasteiger partial charge on any atom is 0.223 e. The maximum absolute atomic E-state index is 12.9. The number of carbonyl (C=O) groups is 1. The first-order valence-corrected chi connectivity index (χ1v) is 8.83. The molecular weight excluding hydrogens is 332 g/mol. The summed E-state index contributed by atoms with van der Waals surface area (Å²) >= 11 is 0. The third-order valence-corrected chi connectivity index (χ3v) is 4.94. The zero-order valence-corrected chi connectivity index (χ0v) is 15.3. The minimum absolute atomic E-state index is 0. The molecule has 3 rings (SSSR count). The van der Waals surface area contributed by atoms with Gasteiger partial charge in [0.1, 0.15) is 0 Å². The van der Waals surface area contributed by atoms with Gasteiger partial charge < -0.3 is 10.6 Å². The molecule has 2 N–H and O–H groups in total. The number of amides is 1. The molecule has 0 saturated heterocycles. The predicted octanol–water partition coefficient (Wildman–Crippen LogP) is 4.15. The molecule has 3 nitrogen and oxygen atoms in total. The van der Waals surface area contributed by atoms with Crippen LogP contribution in [0.1, 0.15) is 36.8 Å². The Balaban J connectivity index is 0.00000225. The van der Waals surface area contributed by atoms with Crippen molar-refractivity contribution >= 4 is 18.3 Å². The summed E-state index contributed by atoms with van der Waals surface area (Å²) in [4.78, 5) is 14.9. The second-order valence-electron chi connectivity index (χ2n) is 6.78. The van der Waals surface area contributed by atoms with Crippen molar-refractivity contribution < 1.29 is 4.79 Å². The predicted molar refractivity (Wildman–Crippen MR) is 104 cm³/mol. The number of carbonyl (C=O) groups excluding carboxylic acids is 1. The zero-order valence-electron chi connectivity index (χ0n) is 14.5. The summed E-state index contributed by atoms with van der Waals surface area (Å²) in [5, 5.41) is 0. The number of hydrogen-bond acceptors (Lipinski definition) is 2. The van der Waals surface area contributed by atoms with Gasteiger partial charge in [0.25, 0.3) is 0 Å². The van der Waals surface area contributed by atoms with E-state index in [1.165, 1.54) is 0 Å². The molecule has 4 heteroatoms. The normalized spacial score (nSPS) is 19.2. The van der Waals surface area contributed by atoms with Crippen LogP contribution in [0.25, 0.3) is 0 Å². The molecule has 2 aromatic carbocycles. The largest absolute Gasteiger partial charge is 0.334 e. The number of rotatable bonds is 6. The lowest BCUT2D eigenvalue weighted by Crippen LogP contribution is -2.34. The first-order chi connectivity index (χ1) is 11.7. The van der Waals surface area contributed by atoms with E-state index < -0.39 is 0 Å². The Morgan fingerprint density at radius 2 is 1.44 bits per heavy atom. The fourth-order valence-corrected chi connectivity index (χ4v) is 3.51. The van der Waals surface area contributed by atoms with Crippen LogP contribution in [-0.4, -0.2) is 16.8 Å². The topological polar surface area (TPSA) is 46.3 Å². The molecule has 0 bridgehead atoms. The smallest absolute Gasteiger partial charge is 0.223 e. The summed E-state index contributed by atoms with van der Waals surface area (Å²) in [6, 6.07) is 20.6. The van der Waals surface area contributed by atoms with Crippen LogP contribution in [0.15, 0.2) is 60.7 Å². The standard InChI is InChI=1S/C21H26N2O.ClH/c22-20-13-7-12-19(20)14-21(24)23(15-17-8-3-1-4-9-17)16-18-10-5-2-6-11-18;/h1-6,8-11,19-20H,7,12-16,22H2;1H/t19-,20+;/m0./s1. The van der Waals surface area contributed by atoms with E-state index in [1.807, 2.05) is 41.3 Å². The number of halogens is 1. The van der Waals surface area contributed by atoms with Gasteiger partial charge in [0.2, 0.25) is 5.91 Å². The lowest BCUT2D eigenvalue weighted by atomic mass is 9.99. The summed E-state index contributed by atoms with van der Waals surface area (Å²) in [5.41, 5.74) is 8.49. The van der Waals surface area contributed by atoms with Gasteiger partial charge in [-0.2, -0.15) is 0 Å². The quantitative estimate of drug-likeness (QED) is 0.842. The molecule has 1 amide bonds. The van der Waals surface area contributed by atoms with E-state index in [0.29, 0.717) is 25.4 Å². The van der Waals surface area contributed by atoms with Gasteiger partial charge in [-0.05, 0) is 29.9 Å². The van der Waals surface area contributed by atoms with Crippen LogP contribution in [0.3, 0.4) is 0 Å². The van der Waals surface area contributed by atoms with Gasteiger partial charge in [0, 0.05) is 25.6 Å². The lowest BCUT2D eigenvalue weighted by Gasteiger charge is -2.25. The fraction of sp³-hybridized carbons (Fsp3) is 0.381. The summed E-state index contributed by atoms with van der Waals surface area (Å²) in [6.45, 7) is 1.30. The molecule has 1 saturated carbocycles. The number of benzene rings is 2. The van der Waals surface area contributed by atoms with E-state index in [-0.39, 0.29) is 24.4 Å². The average molecular weight is 359 g/mol. The highest BCUT2D eigenvalue weighted by molar-refractivity contribution is 5.85. The lowest BCUT2D eigenvalue weighted by molar-refractivity contribution is -0.133. The molecule has 2 aromatic rings. The second-order valence-corrected chi connectivity index (χ2v) is 6.78. The van der Waals surface area contributed by atoms with Crippen molar-refractivity contribution in [2.45, 2.75) is 44.8 Å². The highest BCUT2D eigenvalue weighted by atomic mass is 35.5. The molecule has 0 aliphatic heterocycles. The number of nitrogens with zero attached hydrogens (tertiary/aromatic N) is 1. The van der Waals surface area contributed by atoms with Gasteiger partial charge in [-0.25, -0.2) is 0 Å². The highest BCUT2D eigenvalue weighted by Crippen LogP contribution is 2.28. The molecule has 1 aliphatic carbocycles. The van der Waals surface area contributed by atoms with E-state index in [1.54, 1.807) is 0 Å². The van der Waals surface area contributed by atoms with Crippen LogP contribution >= 0.6 is 12.4 Å². The monoisotopic (exact) mass is 358 g/mol. The Morgan fingerprint density at radius 1 is 0.920 bits per heavy atom. The van der Waals surface area contributed by atoms with Crippen LogP contribution in [0.4, 0.5) is 0 Å². The van der Waals surface area contributed by atoms with Gasteiger partial charge >= 0.3 is 0 Å². The minimum atomic E-state index is 0. The minimum Gasteiger partial charge on any atom is -0.334 e. The van der Waals surface area contributed by atoms with E-state index in [9.17, 15) is 4.79 Å². The Bertz CT molecular complexity index is 606. The van der Waals surface area contributed by atoms with Crippen LogP contribution in [0.2, 0.25) is 0 Å². The first kappa shape index (κ1) is 19.5. The SMILES string of the molecule is Cl.N[C@@H]1CCC[C@H]1CC(=O)N(Cc1ccccc1)Cc1ccccc1. The van der Waals surface area contributed by atoms with E-state index in [2.05, 4.69) is 24.3 Å². The molecule has 0 radical (unpaired) electrons. The summed E-state index contributed by atoms with van der Waals surface area (Å²) in [7, 11) is 0. The van der Waals surface area contributed by atoms with Crippen molar-refractivity contribution in [2.24, 2.45) is 11.7 Å². The van der Waals surface area contributed by atoms with Gasteiger partial charge in [-0.1, -0.05) is 67.1 Å². The summed E-state index contributed by atoms with van der Waals surface area (Å²) in [5.74, 6) is 0.552. The molecule has 1 aliphatic rings. The maximum atomic E-state index is 12.9. The molecule has 2 atom stereocenters. The van der Waals surface area contributed by atoms with Crippen molar-refractivity contribution in [3.05, 3.63) is 71.8 Å². The van der Waals surface area contributed by atoms with Gasteiger partial charge in [0.15, 0.2) is 0 Å². The van der Waals surface area contributed by atoms with Crippen LogP contribution in [0, 0.1) is 5.92 Å². The van der Waals surface area contributed by atoms with Gasteiger partial charge in [0.05, 0.1) is 0 Å². The van der Waals surface area contributed by atoms with Crippen LogP contribution in [0.5, 0.6) is 0 Å². The van der Waals surface area contributed by atoms with Crippen molar-refractivity contribution in [1.29, 1.82) is 0 Å². The van der Waals surface area contributed by atoms with Crippen molar-refractivity contribution in [3.63, 3.8) is 0 Å². The molecule has 134 valence electrons. The third kappa shape index (κ3) is 5.58. The average Bonchev–Trinajstić information content (AvgIpc) is 3.01. The highest BCUT2D eigenvalue weighted by Gasteiger charge is 2.28. The number of hydrogen-bond donors (Lipinski definition) is 1. The van der Waals surface area contributed by atoms with Crippen LogP contribution in [-0.2, 0) is 17.9 Å². The molecule has 0 spiro atoms. The number of nitrogens with two attached hydrogens (primary N) is 1. The Kier molecular flexibility index (Phi) is 7.48. The van der Waals surface area contributed by atoms with E-state index in [4.69, 9.17) is 5.73 Å².